The Morgan fingerprint density at radius 3 is 2.56 bits per heavy atom. The van der Waals surface area contributed by atoms with Gasteiger partial charge in [-0.3, -0.25) is 9.89 Å². The fraction of sp³-hybridized carbons (Fsp3) is 0.947. The van der Waals surface area contributed by atoms with Gasteiger partial charge in [0.25, 0.3) is 0 Å². The lowest BCUT2D eigenvalue weighted by Crippen LogP contribution is -2.48. The van der Waals surface area contributed by atoms with Crippen molar-refractivity contribution in [2.45, 2.75) is 50.6 Å². The largest absolute Gasteiger partial charge is 0.379 e. The van der Waals surface area contributed by atoms with Gasteiger partial charge in [0.05, 0.1) is 19.8 Å². The van der Waals surface area contributed by atoms with Gasteiger partial charge in [-0.15, -0.1) is 0 Å². The minimum absolute atomic E-state index is 0.268. The Morgan fingerprint density at radius 2 is 1.92 bits per heavy atom. The quantitative estimate of drug-likeness (QED) is 0.596. The highest BCUT2D eigenvalue weighted by molar-refractivity contribution is 5.80. The number of nitrogens with one attached hydrogen (secondary N) is 1. The third-order valence-corrected chi connectivity index (χ3v) is 6.37. The van der Waals surface area contributed by atoms with Crippen LogP contribution in [0.4, 0.5) is 0 Å². The molecule has 144 valence electrons. The molecule has 0 spiro atoms. The van der Waals surface area contributed by atoms with E-state index in [0.29, 0.717) is 6.04 Å². The van der Waals surface area contributed by atoms with Crippen molar-refractivity contribution in [3.63, 3.8) is 0 Å². The van der Waals surface area contributed by atoms with Crippen LogP contribution in [-0.2, 0) is 4.74 Å². The summed E-state index contributed by atoms with van der Waals surface area (Å²) in [5.41, 5.74) is 0.268. The van der Waals surface area contributed by atoms with Gasteiger partial charge in [-0.1, -0.05) is 12.8 Å². The number of rotatable bonds is 5. The van der Waals surface area contributed by atoms with Crippen molar-refractivity contribution in [3.8, 4) is 0 Å². The Bertz CT molecular complexity index is 441. The van der Waals surface area contributed by atoms with Crippen molar-refractivity contribution in [1.29, 1.82) is 0 Å². The molecule has 0 amide bonds. The van der Waals surface area contributed by atoms with Gasteiger partial charge in [0, 0.05) is 44.3 Å². The molecule has 1 atom stereocenters. The van der Waals surface area contributed by atoms with E-state index >= 15 is 0 Å². The smallest absolute Gasteiger partial charge is 0.194 e. The molecule has 25 heavy (non-hydrogen) atoms. The lowest BCUT2D eigenvalue weighted by molar-refractivity contribution is 0.0194. The van der Waals surface area contributed by atoms with Crippen molar-refractivity contribution in [1.82, 2.24) is 20.0 Å². The summed E-state index contributed by atoms with van der Waals surface area (Å²) in [6.07, 6.45) is 6.47. The van der Waals surface area contributed by atoms with Crippen molar-refractivity contribution in [2.24, 2.45) is 4.99 Å². The first-order valence-corrected chi connectivity index (χ1v) is 10.2. The molecule has 0 aromatic rings. The molecule has 0 aromatic heterocycles. The highest BCUT2D eigenvalue weighted by Gasteiger charge is 2.36. The molecule has 2 saturated heterocycles. The first-order chi connectivity index (χ1) is 12.1. The normalized spacial score (nSPS) is 28.1. The molecule has 0 aromatic carbocycles. The summed E-state index contributed by atoms with van der Waals surface area (Å²) >= 11 is 0. The minimum Gasteiger partial charge on any atom is -0.379 e. The van der Waals surface area contributed by atoms with Crippen LogP contribution in [0.2, 0.25) is 0 Å². The molecule has 1 saturated carbocycles. The van der Waals surface area contributed by atoms with E-state index in [-0.39, 0.29) is 5.54 Å². The van der Waals surface area contributed by atoms with Crippen molar-refractivity contribution in [3.05, 3.63) is 0 Å². The second-order valence-corrected chi connectivity index (χ2v) is 8.03. The maximum Gasteiger partial charge on any atom is 0.194 e. The zero-order chi connectivity index (χ0) is 17.7. The Morgan fingerprint density at radius 1 is 1.20 bits per heavy atom. The summed E-state index contributed by atoms with van der Waals surface area (Å²) in [6, 6.07) is 0.655. The molecule has 0 bridgehead atoms. The summed E-state index contributed by atoms with van der Waals surface area (Å²) < 4.78 is 5.51. The Balaban J connectivity index is 1.62. The lowest BCUT2D eigenvalue weighted by Gasteiger charge is -2.35. The summed E-state index contributed by atoms with van der Waals surface area (Å²) in [5, 5.41) is 3.54. The number of likely N-dealkylation sites (tertiary alicyclic amines) is 1. The van der Waals surface area contributed by atoms with E-state index in [4.69, 9.17) is 9.73 Å². The van der Waals surface area contributed by atoms with Crippen LogP contribution >= 0.6 is 0 Å². The lowest BCUT2D eigenvalue weighted by atomic mass is 9.96. The molecular formula is C19H37N5O. The van der Waals surface area contributed by atoms with Crippen LogP contribution in [0.3, 0.4) is 0 Å². The third-order valence-electron chi connectivity index (χ3n) is 6.37. The Labute approximate surface area is 153 Å². The topological polar surface area (TPSA) is 43.3 Å². The van der Waals surface area contributed by atoms with Crippen LogP contribution in [0.1, 0.15) is 39.0 Å². The van der Waals surface area contributed by atoms with Crippen molar-refractivity contribution >= 4 is 5.96 Å². The van der Waals surface area contributed by atoms with Crippen molar-refractivity contribution in [2.75, 3.05) is 66.6 Å². The van der Waals surface area contributed by atoms with Gasteiger partial charge in [-0.25, -0.2) is 0 Å². The molecule has 6 heteroatoms. The molecule has 3 rings (SSSR count). The van der Waals surface area contributed by atoms with E-state index in [1.165, 1.54) is 32.1 Å². The van der Waals surface area contributed by atoms with Crippen LogP contribution in [0.25, 0.3) is 0 Å². The van der Waals surface area contributed by atoms with Crippen molar-refractivity contribution < 1.29 is 4.74 Å². The number of aliphatic imine (C=N–C) groups is 1. The third kappa shape index (κ3) is 4.47. The summed E-state index contributed by atoms with van der Waals surface area (Å²) in [6.45, 7) is 10.2. The first-order valence-electron chi connectivity index (χ1n) is 10.2. The average molecular weight is 352 g/mol. The van der Waals surface area contributed by atoms with E-state index < -0.39 is 0 Å². The molecule has 1 unspecified atom stereocenters. The Kier molecular flexibility index (Phi) is 6.58. The molecule has 0 radical (unpaired) electrons. The molecule has 1 N–H and O–H groups in total. The fourth-order valence-corrected chi connectivity index (χ4v) is 4.60. The average Bonchev–Trinajstić information content (AvgIpc) is 3.30. The highest BCUT2D eigenvalue weighted by Crippen LogP contribution is 2.34. The van der Waals surface area contributed by atoms with Gasteiger partial charge in [-0.05, 0) is 40.3 Å². The maximum atomic E-state index is 5.51. The molecule has 1 aliphatic carbocycles. The predicted octanol–water partition coefficient (Wildman–Crippen LogP) is 1.23. The summed E-state index contributed by atoms with van der Waals surface area (Å²) in [5.74, 6) is 1.12. The van der Waals surface area contributed by atoms with Crippen LogP contribution in [0.5, 0.6) is 0 Å². The van der Waals surface area contributed by atoms with Gasteiger partial charge in [0.15, 0.2) is 5.96 Å². The number of nitrogens with zero attached hydrogens (tertiary/aromatic N) is 4. The Hall–Kier alpha value is -0.850. The number of hydrogen-bond acceptors (Lipinski definition) is 4. The van der Waals surface area contributed by atoms with Crippen LogP contribution in [0.15, 0.2) is 4.99 Å². The molecular weight excluding hydrogens is 314 g/mol. The maximum absolute atomic E-state index is 5.51. The van der Waals surface area contributed by atoms with E-state index in [1.807, 2.05) is 0 Å². The zero-order valence-electron chi connectivity index (χ0n) is 16.5. The second-order valence-electron chi connectivity index (χ2n) is 8.03. The molecule has 6 nitrogen and oxygen atoms in total. The fourth-order valence-electron chi connectivity index (χ4n) is 4.60. The zero-order valence-corrected chi connectivity index (χ0v) is 16.5. The van der Waals surface area contributed by atoms with E-state index in [1.54, 1.807) is 0 Å². The molecule has 3 fully saturated rings. The predicted molar refractivity (Wildman–Crippen MR) is 103 cm³/mol. The first kappa shape index (κ1) is 18.9. The monoisotopic (exact) mass is 351 g/mol. The summed E-state index contributed by atoms with van der Waals surface area (Å²) in [7, 11) is 4.44. The van der Waals surface area contributed by atoms with Gasteiger partial charge < -0.3 is 19.9 Å². The molecule has 2 heterocycles. The van der Waals surface area contributed by atoms with Gasteiger partial charge in [0.2, 0.25) is 0 Å². The van der Waals surface area contributed by atoms with E-state index in [9.17, 15) is 0 Å². The van der Waals surface area contributed by atoms with Gasteiger partial charge in [-0.2, -0.15) is 0 Å². The summed E-state index contributed by atoms with van der Waals surface area (Å²) in [4.78, 5) is 12.6. The highest BCUT2D eigenvalue weighted by atomic mass is 16.5. The second kappa shape index (κ2) is 8.69. The van der Waals surface area contributed by atoms with Crippen LogP contribution in [-0.4, -0.2) is 98.8 Å². The number of morpholine rings is 1. The molecule has 2 aliphatic heterocycles. The minimum atomic E-state index is 0.268. The van der Waals surface area contributed by atoms with Gasteiger partial charge in [0.1, 0.15) is 0 Å². The SMILES string of the molecule is CCNC(=NCC1(N(C)C)CCCC1)N1CCC(N2CCOCC2)C1. The van der Waals surface area contributed by atoms with E-state index in [2.05, 4.69) is 41.0 Å². The van der Waals surface area contributed by atoms with E-state index in [0.717, 1.165) is 58.4 Å². The van der Waals surface area contributed by atoms with Crippen LogP contribution < -0.4 is 5.32 Å². The number of hydrogen-bond donors (Lipinski definition) is 1. The standard InChI is InChI=1S/C19H37N5O/c1-4-20-18(21-16-19(22(2)3)8-5-6-9-19)24-10-7-17(15-24)23-11-13-25-14-12-23/h17H,4-16H2,1-3H3,(H,20,21). The van der Waals surface area contributed by atoms with Crippen LogP contribution in [0, 0.1) is 0 Å². The number of likely N-dealkylation sites (N-methyl/N-ethyl adjacent to an activating group) is 1. The molecule has 3 aliphatic rings. The number of guanidine groups is 1. The van der Waals surface area contributed by atoms with Gasteiger partial charge >= 0.3 is 0 Å². The number of ether oxygens (including phenoxy) is 1.